The van der Waals surface area contributed by atoms with Crippen LogP contribution in [0, 0.1) is 0 Å². The fourth-order valence-electron chi connectivity index (χ4n) is 3.24. The highest BCUT2D eigenvalue weighted by atomic mass is 16.5. The minimum Gasteiger partial charge on any atom is -0.508 e. The number of methoxy groups -OCH3 is 1. The van der Waals surface area contributed by atoms with Crippen molar-refractivity contribution in [2.75, 3.05) is 13.7 Å². The summed E-state index contributed by atoms with van der Waals surface area (Å²) < 4.78 is 5.33. The van der Waals surface area contributed by atoms with Crippen LogP contribution in [0.2, 0.25) is 0 Å². The third-order valence-corrected chi connectivity index (χ3v) is 4.28. The van der Waals surface area contributed by atoms with Crippen LogP contribution in [0.15, 0.2) is 42.5 Å². The Balaban J connectivity index is 1.96. The Bertz CT molecular complexity index is 653. The van der Waals surface area contributed by atoms with Crippen LogP contribution < -0.4 is 10.1 Å². The number of hydrogen-bond donors (Lipinski definition) is 2. The van der Waals surface area contributed by atoms with Gasteiger partial charge in [-0.05, 0) is 60.7 Å². The minimum atomic E-state index is -0.117. The lowest BCUT2D eigenvalue weighted by atomic mass is 9.79. The smallest absolute Gasteiger partial charge is 0.119 e. The third kappa shape index (κ3) is 2.74. The summed E-state index contributed by atoms with van der Waals surface area (Å²) in [5.41, 5.74) is 3.68. The van der Waals surface area contributed by atoms with Crippen LogP contribution in [0.1, 0.15) is 23.6 Å². The first-order chi connectivity index (χ1) is 10.1. The second-order valence-electron chi connectivity index (χ2n) is 5.88. The molecular formula is C18H21NO2. The third-order valence-electron chi connectivity index (χ3n) is 4.28. The molecule has 1 heterocycles. The lowest BCUT2D eigenvalue weighted by Crippen LogP contribution is -2.46. The van der Waals surface area contributed by atoms with Crippen LogP contribution in [-0.4, -0.2) is 18.8 Å². The van der Waals surface area contributed by atoms with E-state index in [0.717, 1.165) is 30.7 Å². The molecule has 0 unspecified atom stereocenters. The van der Waals surface area contributed by atoms with E-state index in [-0.39, 0.29) is 5.54 Å². The number of phenols is 1. The van der Waals surface area contributed by atoms with Crippen LogP contribution in [0.5, 0.6) is 11.5 Å². The molecule has 3 heteroatoms. The molecule has 0 fully saturated rings. The maximum atomic E-state index is 9.65. The molecule has 0 radical (unpaired) electrons. The molecule has 21 heavy (non-hydrogen) atoms. The van der Waals surface area contributed by atoms with Gasteiger partial charge in [-0.3, -0.25) is 0 Å². The predicted molar refractivity (Wildman–Crippen MR) is 83.9 cm³/mol. The van der Waals surface area contributed by atoms with Crippen molar-refractivity contribution in [2.24, 2.45) is 0 Å². The topological polar surface area (TPSA) is 41.5 Å². The maximum Gasteiger partial charge on any atom is 0.119 e. The molecule has 1 aliphatic heterocycles. The van der Waals surface area contributed by atoms with Gasteiger partial charge in [0, 0.05) is 12.1 Å². The highest BCUT2D eigenvalue weighted by molar-refractivity contribution is 5.43. The minimum absolute atomic E-state index is 0.117. The van der Waals surface area contributed by atoms with Gasteiger partial charge in [0.2, 0.25) is 0 Å². The van der Waals surface area contributed by atoms with E-state index < -0.39 is 0 Å². The van der Waals surface area contributed by atoms with Crippen molar-refractivity contribution in [1.82, 2.24) is 5.32 Å². The van der Waals surface area contributed by atoms with E-state index in [1.54, 1.807) is 13.2 Å². The van der Waals surface area contributed by atoms with Crippen molar-refractivity contribution in [3.8, 4) is 11.5 Å². The summed E-state index contributed by atoms with van der Waals surface area (Å²) in [6.07, 6.45) is 1.86. The van der Waals surface area contributed by atoms with Gasteiger partial charge in [0.1, 0.15) is 11.5 Å². The van der Waals surface area contributed by atoms with Crippen LogP contribution >= 0.6 is 0 Å². The Morgan fingerprint density at radius 1 is 1.24 bits per heavy atom. The second kappa shape index (κ2) is 5.41. The molecule has 1 atom stereocenters. The summed E-state index contributed by atoms with van der Waals surface area (Å²) in [6, 6.07) is 13.8. The van der Waals surface area contributed by atoms with Crippen molar-refractivity contribution < 1.29 is 9.84 Å². The summed E-state index contributed by atoms with van der Waals surface area (Å²) in [5.74, 6) is 1.23. The van der Waals surface area contributed by atoms with E-state index in [1.165, 1.54) is 11.1 Å². The molecule has 0 spiro atoms. The largest absolute Gasteiger partial charge is 0.508 e. The van der Waals surface area contributed by atoms with Gasteiger partial charge in [0.15, 0.2) is 0 Å². The van der Waals surface area contributed by atoms with Gasteiger partial charge in [-0.2, -0.15) is 0 Å². The van der Waals surface area contributed by atoms with Gasteiger partial charge >= 0.3 is 0 Å². The van der Waals surface area contributed by atoms with Crippen LogP contribution in [0.3, 0.4) is 0 Å². The normalized spacial score (nSPS) is 20.9. The van der Waals surface area contributed by atoms with Crippen LogP contribution in [-0.2, 0) is 18.4 Å². The Morgan fingerprint density at radius 3 is 2.86 bits per heavy atom. The molecule has 3 nitrogen and oxygen atoms in total. The molecule has 0 saturated heterocycles. The lowest BCUT2D eigenvalue weighted by Gasteiger charge is -2.37. The van der Waals surface area contributed by atoms with Crippen molar-refractivity contribution in [1.29, 1.82) is 0 Å². The van der Waals surface area contributed by atoms with E-state index in [1.807, 2.05) is 18.2 Å². The average Bonchev–Trinajstić information content (AvgIpc) is 2.47. The van der Waals surface area contributed by atoms with Crippen molar-refractivity contribution in [3.05, 3.63) is 59.2 Å². The highest BCUT2D eigenvalue weighted by Crippen LogP contribution is 2.34. The summed E-state index contributed by atoms with van der Waals surface area (Å²) >= 11 is 0. The Kier molecular flexibility index (Phi) is 3.60. The highest BCUT2D eigenvalue weighted by Gasteiger charge is 2.32. The first kappa shape index (κ1) is 14.0. The molecule has 2 aromatic rings. The summed E-state index contributed by atoms with van der Waals surface area (Å²) in [6.45, 7) is 3.18. The fraction of sp³-hybridized carbons (Fsp3) is 0.333. The van der Waals surface area contributed by atoms with Gasteiger partial charge in [-0.25, -0.2) is 0 Å². The number of hydrogen-bond acceptors (Lipinski definition) is 3. The number of aromatic hydroxyl groups is 1. The van der Waals surface area contributed by atoms with E-state index in [2.05, 4.69) is 30.4 Å². The lowest BCUT2D eigenvalue weighted by molar-refractivity contribution is 0.342. The molecule has 1 aliphatic rings. The fourth-order valence-corrected chi connectivity index (χ4v) is 3.24. The molecular weight excluding hydrogens is 262 g/mol. The van der Waals surface area contributed by atoms with Crippen LogP contribution in [0.4, 0.5) is 0 Å². The standard InChI is InChI=1S/C18H21NO2/c1-18(12-13-4-3-5-15(20)10-13)17-7-6-16(21-2)11-14(17)8-9-19-18/h3-7,10-11,19-20H,8-9,12H2,1-2H3/t18-/m0/s1. The first-order valence-corrected chi connectivity index (χ1v) is 7.31. The molecule has 0 aliphatic carbocycles. The molecule has 0 aromatic heterocycles. The molecule has 2 aromatic carbocycles. The zero-order valence-electron chi connectivity index (χ0n) is 12.5. The zero-order chi connectivity index (χ0) is 14.9. The Morgan fingerprint density at radius 2 is 2.10 bits per heavy atom. The maximum absolute atomic E-state index is 9.65. The molecule has 2 N–H and O–H groups in total. The zero-order valence-corrected chi connectivity index (χ0v) is 12.5. The van der Waals surface area contributed by atoms with Gasteiger partial charge in [-0.15, -0.1) is 0 Å². The number of fused-ring (bicyclic) bond motifs is 1. The average molecular weight is 283 g/mol. The van der Waals surface area contributed by atoms with Gasteiger partial charge in [0.25, 0.3) is 0 Å². The number of benzene rings is 2. The Labute approximate surface area is 125 Å². The number of ether oxygens (including phenoxy) is 1. The quantitative estimate of drug-likeness (QED) is 0.910. The Hall–Kier alpha value is -2.00. The van der Waals surface area contributed by atoms with E-state index in [4.69, 9.17) is 4.74 Å². The number of phenolic OH excluding ortho intramolecular Hbond substituents is 1. The summed E-state index contributed by atoms with van der Waals surface area (Å²) in [4.78, 5) is 0. The van der Waals surface area contributed by atoms with Crippen LogP contribution in [0.25, 0.3) is 0 Å². The van der Waals surface area contributed by atoms with E-state index in [0.29, 0.717) is 5.75 Å². The molecule has 0 bridgehead atoms. The number of rotatable bonds is 3. The number of nitrogens with one attached hydrogen (secondary N) is 1. The SMILES string of the molecule is COc1ccc2c(c1)CCN[C@@]2(C)Cc1cccc(O)c1. The van der Waals surface area contributed by atoms with Gasteiger partial charge in [0.05, 0.1) is 7.11 Å². The van der Waals surface area contributed by atoms with Crippen molar-refractivity contribution in [2.45, 2.75) is 25.3 Å². The van der Waals surface area contributed by atoms with E-state index in [9.17, 15) is 5.11 Å². The molecule has 0 saturated carbocycles. The summed E-state index contributed by atoms with van der Waals surface area (Å²) in [7, 11) is 1.70. The van der Waals surface area contributed by atoms with Crippen molar-refractivity contribution in [3.63, 3.8) is 0 Å². The molecule has 110 valence electrons. The first-order valence-electron chi connectivity index (χ1n) is 7.31. The summed E-state index contributed by atoms with van der Waals surface area (Å²) in [5, 5.41) is 13.3. The molecule has 0 amide bonds. The van der Waals surface area contributed by atoms with Gasteiger partial charge in [-0.1, -0.05) is 18.2 Å². The predicted octanol–water partition coefficient (Wildman–Crippen LogP) is 3.00. The monoisotopic (exact) mass is 283 g/mol. The van der Waals surface area contributed by atoms with Gasteiger partial charge < -0.3 is 15.2 Å². The van der Waals surface area contributed by atoms with E-state index >= 15 is 0 Å². The van der Waals surface area contributed by atoms with Crippen molar-refractivity contribution >= 4 is 0 Å². The second-order valence-corrected chi connectivity index (χ2v) is 5.88. The molecule has 3 rings (SSSR count).